The molecule has 1 aliphatic rings. The minimum atomic E-state index is -0.744. The van der Waals surface area contributed by atoms with Gasteiger partial charge in [0, 0.05) is 44.8 Å². The van der Waals surface area contributed by atoms with E-state index in [-0.39, 0.29) is 35.7 Å². The highest BCUT2D eigenvalue weighted by Crippen LogP contribution is 2.37. The zero-order valence-electron chi connectivity index (χ0n) is 22.2. The Morgan fingerprint density at radius 2 is 1.74 bits per heavy atom. The van der Waals surface area contributed by atoms with Crippen molar-refractivity contribution >= 4 is 5.97 Å². The number of phenols is 2. The Labute approximate surface area is 222 Å². The molecule has 38 heavy (non-hydrogen) atoms. The van der Waals surface area contributed by atoms with Crippen LogP contribution in [0.25, 0.3) is 17.1 Å². The molecule has 3 aromatic rings. The second kappa shape index (κ2) is 11.8. The molecular formula is C28H37N5O5. The third kappa shape index (κ3) is 6.08. The number of benzene rings is 2. The number of carboxylic acids is 1. The van der Waals surface area contributed by atoms with Gasteiger partial charge in [-0.3, -0.25) is 14.6 Å². The van der Waals surface area contributed by atoms with Crippen LogP contribution in [0.5, 0.6) is 11.5 Å². The highest BCUT2D eigenvalue weighted by Gasteiger charge is 2.25. The molecule has 0 bridgehead atoms. The van der Waals surface area contributed by atoms with E-state index in [9.17, 15) is 24.9 Å². The molecule has 2 aromatic carbocycles. The fourth-order valence-electron chi connectivity index (χ4n) is 5.20. The predicted octanol–water partition coefficient (Wildman–Crippen LogP) is 3.52. The number of H-pyrrole nitrogens is 1. The maximum Gasteiger partial charge on any atom is 0.348 e. The third-order valence-corrected chi connectivity index (χ3v) is 7.24. The van der Waals surface area contributed by atoms with Crippen LogP contribution in [-0.2, 0) is 11.3 Å². The first kappa shape index (κ1) is 27.4. The summed E-state index contributed by atoms with van der Waals surface area (Å²) in [4.78, 5) is 28.6. The van der Waals surface area contributed by atoms with Gasteiger partial charge in [0.25, 0.3) is 0 Å². The number of piperazine rings is 1. The first-order chi connectivity index (χ1) is 18.2. The zero-order valence-corrected chi connectivity index (χ0v) is 22.2. The van der Waals surface area contributed by atoms with Gasteiger partial charge in [-0.1, -0.05) is 39.3 Å². The van der Waals surface area contributed by atoms with Crippen molar-refractivity contribution in [1.29, 1.82) is 0 Å². The Kier molecular flexibility index (Phi) is 8.53. The maximum absolute atomic E-state index is 12.7. The molecule has 1 atom stereocenters. The van der Waals surface area contributed by atoms with Crippen molar-refractivity contribution in [3.63, 3.8) is 0 Å². The lowest BCUT2D eigenvalue weighted by molar-refractivity contribution is -0.138. The highest BCUT2D eigenvalue weighted by molar-refractivity contribution is 5.69. The number of hydrogen-bond acceptors (Lipinski definition) is 7. The quantitative estimate of drug-likeness (QED) is 0.317. The lowest BCUT2D eigenvalue weighted by Crippen LogP contribution is -2.50. The third-order valence-electron chi connectivity index (χ3n) is 7.24. The summed E-state index contributed by atoms with van der Waals surface area (Å²) in [6, 6.07) is 10.7. The van der Waals surface area contributed by atoms with Gasteiger partial charge in [0.2, 0.25) is 0 Å². The molecule has 1 fully saturated rings. The minimum Gasteiger partial charge on any atom is -0.508 e. The van der Waals surface area contributed by atoms with Gasteiger partial charge in [0.05, 0.1) is 17.7 Å². The number of aliphatic carboxylic acids is 1. The highest BCUT2D eigenvalue weighted by atomic mass is 16.4. The van der Waals surface area contributed by atoms with Crippen LogP contribution in [0.4, 0.5) is 0 Å². The normalized spacial score (nSPS) is 15.7. The van der Waals surface area contributed by atoms with E-state index in [0.29, 0.717) is 16.8 Å². The first-order valence-electron chi connectivity index (χ1n) is 13.2. The molecule has 1 aromatic heterocycles. The molecule has 0 saturated carbocycles. The topological polar surface area (TPSA) is 135 Å². The number of carbonyl (C=O) groups is 1. The van der Waals surface area contributed by atoms with E-state index in [1.54, 1.807) is 6.07 Å². The molecule has 1 unspecified atom stereocenters. The summed E-state index contributed by atoms with van der Waals surface area (Å²) >= 11 is 0. The molecule has 0 radical (unpaired) electrons. The second-order valence-electron chi connectivity index (χ2n) is 10.3. The Balaban J connectivity index is 1.47. The van der Waals surface area contributed by atoms with Crippen molar-refractivity contribution in [2.75, 3.05) is 26.2 Å². The van der Waals surface area contributed by atoms with Crippen LogP contribution in [0.15, 0.2) is 41.2 Å². The number of phenolic OH excluding ortho intramolecular Hbond substituents is 2. The van der Waals surface area contributed by atoms with Gasteiger partial charge in [-0.25, -0.2) is 14.5 Å². The Morgan fingerprint density at radius 3 is 2.34 bits per heavy atom. The SMILES string of the molecule is CCCC(CC(=O)O)N1CCN(Cc2ccc(-n3c(-c4cc(C(C)C)c(O)cc4O)n[nH]c3=O)cc2)CC1. The fourth-order valence-corrected chi connectivity index (χ4v) is 5.20. The van der Waals surface area contributed by atoms with Gasteiger partial charge < -0.3 is 15.3 Å². The van der Waals surface area contributed by atoms with Crippen molar-refractivity contribution < 1.29 is 20.1 Å². The number of hydrogen-bond donors (Lipinski definition) is 4. The van der Waals surface area contributed by atoms with Gasteiger partial charge >= 0.3 is 11.7 Å². The summed E-state index contributed by atoms with van der Waals surface area (Å²) in [5.41, 5.74) is 2.30. The molecular weight excluding hydrogens is 486 g/mol. The van der Waals surface area contributed by atoms with Gasteiger partial charge in [-0.05, 0) is 41.7 Å². The molecule has 0 amide bonds. The van der Waals surface area contributed by atoms with Gasteiger partial charge in [-0.15, -0.1) is 0 Å². The Morgan fingerprint density at radius 1 is 1.05 bits per heavy atom. The average molecular weight is 524 g/mol. The number of carboxylic acid groups (broad SMARTS) is 1. The van der Waals surface area contributed by atoms with Crippen LogP contribution in [-0.4, -0.2) is 78.1 Å². The summed E-state index contributed by atoms with van der Waals surface area (Å²) < 4.78 is 1.41. The van der Waals surface area contributed by atoms with Gasteiger partial charge in [0.15, 0.2) is 5.82 Å². The van der Waals surface area contributed by atoms with Crippen LogP contribution in [0, 0.1) is 0 Å². The summed E-state index contributed by atoms with van der Waals surface area (Å²) in [6.07, 6.45) is 2.05. The van der Waals surface area contributed by atoms with Crippen molar-refractivity contribution in [1.82, 2.24) is 24.6 Å². The Hall–Kier alpha value is -3.63. The molecule has 2 heterocycles. The Bertz CT molecular complexity index is 1310. The van der Waals surface area contributed by atoms with E-state index < -0.39 is 11.7 Å². The molecule has 0 aliphatic carbocycles. The van der Waals surface area contributed by atoms with E-state index in [1.807, 2.05) is 38.1 Å². The second-order valence-corrected chi connectivity index (χ2v) is 10.3. The van der Waals surface area contributed by atoms with E-state index >= 15 is 0 Å². The molecule has 1 aliphatic heterocycles. The van der Waals surface area contributed by atoms with Crippen LogP contribution in [0.2, 0.25) is 0 Å². The van der Waals surface area contributed by atoms with E-state index in [4.69, 9.17) is 0 Å². The number of nitrogens with one attached hydrogen (secondary N) is 1. The van der Waals surface area contributed by atoms with E-state index in [1.165, 1.54) is 10.6 Å². The molecule has 204 valence electrons. The standard InChI is InChI=1S/C28H37N5O5/c1-4-5-21(14-26(36)37)32-12-10-31(11-13-32)17-19-6-8-20(9-7-19)33-27(29-30-28(33)38)23-15-22(18(2)3)24(34)16-25(23)35/h6-9,15-16,18,21,34-35H,4-5,10-14,17H2,1-3H3,(H,30,38)(H,36,37). The van der Waals surface area contributed by atoms with Crippen molar-refractivity contribution in [3.05, 3.63) is 58.0 Å². The lowest BCUT2D eigenvalue weighted by Gasteiger charge is -2.39. The predicted molar refractivity (Wildman–Crippen MR) is 145 cm³/mol. The zero-order chi connectivity index (χ0) is 27.4. The molecule has 1 saturated heterocycles. The van der Waals surface area contributed by atoms with Crippen LogP contribution >= 0.6 is 0 Å². The van der Waals surface area contributed by atoms with Crippen LogP contribution < -0.4 is 5.69 Å². The van der Waals surface area contributed by atoms with Crippen LogP contribution in [0.1, 0.15) is 57.1 Å². The maximum atomic E-state index is 12.7. The van der Waals surface area contributed by atoms with E-state index in [2.05, 4.69) is 26.9 Å². The summed E-state index contributed by atoms with van der Waals surface area (Å²) in [5.74, 6) is -0.622. The smallest absolute Gasteiger partial charge is 0.348 e. The number of aromatic amines is 1. The number of aromatic nitrogens is 3. The first-order valence-corrected chi connectivity index (χ1v) is 13.2. The molecule has 10 nitrogen and oxygen atoms in total. The molecule has 4 rings (SSSR count). The monoisotopic (exact) mass is 523 g/mol. The van der Waals surface area contributed by atoms with Gasteiger partial charge in [-0.2, -0.15) is 5.10 Å². The average Bonchev–Trinajstić information content (AvgIpc) is 3.25. The largest absolute Gasteiger partial charge is 0.508 e. The van der Waals surface area contributed by atoms with Crippen molar-refractivity contribution in [2.45, 2.75) is 58.5 Å². The van der Waals surface area contributed by atoms with Crippen LogP contribution in [0.3, 0.4) is 0 Å². The van der Waals surface area contributed by atoms with E-state index in [0.717, 1.165) is 51.1 Å². The fraction of sp³-hybridized carbons (Fsp3) is 0.464. The molecule has 10 heteroatoms. The number of rotatable bonds is 10. The molecule has 0 spiro atoms. The number of aromatic hydroxyl groups is 2. The summed E-state index contributed by atoms with van der Waals surface area (Å²) in [6.45, 7) is 10.1. The van der Waals surface area contributed by atoms with Gasteiger partial charge in [0.1, 0.15) is 11.5 Å². The summed E-state index contributed by atoms with van der Waals surface area (Å²) in [5, 5.41) is 36.6. The lowest BCUT2D eigenvalue weighted by atomic mass is 9.98. The number of nitrogens with zero attached hydrogens (tertiary/aromatic N) is 4. The molecule has 4 N–H and O–H groups in total. The van der Waals surface area contributed by atoms with Crippen molar-refractivity contribution in [2.24, 2.45) is 0 Å². The minimum absolute atomic E-state index is 0.00126. The summed E-state index contributed by atoms with van der Waals surface area (Å²) in [7, 11) is 0. The van der Waals surface area contributed by atoms with Crippen molar-refractivity contribution in [3.8, 4) is 28.6 Å².